The number of rotatable bonds is 4. The smallest absolute Gasteiger partial charge is 0.255 e. The van der Waals surface area contributed by atoms with Gasteiger partial charge in [-0.2, -0.15) is 0 Å². The van der Waals surface area contributed by atoms with Crippen molar-refractivity contribution >= 4 is 17.5 Å². The zero-order valence-electron chi connectivity index (χ0n) is 15.8. The van der Waals surface area contributed by atoms with Crippen LogP contribution in [0.3, 0.4) is 0 Å². The normalized spacial score (nSPS) is 16.1. The SMILES string of the molecule is CCN1CCN(C(=O)c2ccc(C(=O)Nc3ccc4c(c3)OCO4)cc2)CC1. The molecule has 2 aliphatic rings. The largest absolute Gasteiger partial charge is 0.454 e. The lowest BCUT2D eigenvalue weighted by molar-refractivity contribution is 0.0643. The average molecular weight is 381 g/mol. The molecule has 1 fully saturated rings. The Morgan fingerprint density at radius 3 is 2.32 bits per heavy atom. The van der Waals surface area contributed by atoms with E-state index in [1.165, 1.54) is 0 Å². The van der Waals surface area contributed by atoms with Crippen LogP contribution in [0, 0.1) is 0 Å². The summed E-state index contributed by atoms with van der Waals surface area (Å²) in [5.74, 6) is 1.05. The molecule has 28 heavy (non-hydrogen) atoms. The summed E-state index contributed by atoms with van der Waals surface area (Å²) in [6.07, 6.45) is 0. The number of benzene rings is 2. The van der Waals surface area contributed by atoms with Gasteiger partial charge in [-0.05, 0) is 42.9 Å². The predicted octanol–water partition coefficient (Wildman–Crippen LogP) is 2.45. The number of hydrogen-bond donors (Lipinski definition) is 1. The number of nitrogens with zero attached hydrogens (tertiary/aromatic N) is 2. The molecule has 0 aliphatic carbocycles. The number of fused-ring (bicyclic) bond motifs is 1. The maximum Gasteiger partial charge on any atom is 0.255 e. The van der Waals surface area contributed by atoms with Crippen LogP contribution in [0.5, 0.6) is 11.5 Å². The van der Waals surface area contributed by atoms with Gasteiger partial charge in [-0.15, -0.1) is 0 Å². The van der Waals surface area contributed by atoms with Crippen LogP contribution >= 0.6 is 0 Å². The Bertz CT molecular complexity index is 874. The molecular weight excluding hydrogens is 358 g/mol. The van der Waals surface area contributed by atoms with Crippen molar-refractivity contribution in [3.8, 4) is 11.5 Å². The fourth-order valence-electron chi connectivity index (χ4n) is 3.39. The molecule has 1 saturated heterocycles. The first-order valence-electron chi connectivity index (χ1n) is 9.47. The first kappa shape index (κ1) is 18.3. The van der Waals surface area contributed by atoms with Crippen LogP contribution in [-0.2, 0) is 0 Å². The third kappa shape index (κ3) is 3.80. The molecule has 4 rings (SSSR count). The van der Waals surface area contributed by atoms with Gasteiger partial charge in [-0.3, -0.25) is 9.59 Å². The van der Waals surface area contributed by atoms with Crippen molar-refractivity contribution in [1.29, 1.82) is 0 Å². The zero-order chi connectivity index (χ0) is 19.5. The van der Waals surface area contributed by atoms with Gasteiger partial charge < -0.3 is 24.6 Å². The summed E-state index contributed by atoms with van der Waals surface area (Å²) in [6, 6.07) is 12.0. The Kier molecular flexibility index (Phi) is 5.16. The van der Waals surface area contributed by atoms with Crippen LogP contribution in [0.15, 0.2) is 42.5 Å². The summed E-state index contributed by atoms with van der Waals surface area (Å²) in [4.78, 5) is 29.3. The van der Waals surface area contributed by atoms with Crippen LogP contribution < -0.4 is 14.8 Å². The van der Waals surface area contributed by atoms with Crippen molar-refractivity contribution in [2.45, 2.75) is 6.92 Å². The van der Waals surface area contributed by atoms with Gasteiger partial charge in [0.25, 0.3) is 11.8 Å². The number of amides is 2. The molecule has 146 valence electrons. The van der Waals surface area contributed by atoms with E-state index in [-0.39, 0.29) is 18.6 Å². The highest BCUT2D eigenvalue weighted by Crippen LogP contribution is 2.34. The van der Waals surface area contributed by atoms with Gasteiger partial charge in [-0.25, -0.2) is 0 Å². The van der Waals surface area contributed by atoms with E-state index in [0.717, 1.165) is 32.7 Å². The third-order valence-electron chi connectivity index (χ3n) is 5.13. The van der Waals surface area contributed by atoms with Crippen molar-refractivity contribution < 1.29 is 19.1 Å². The van der Waals surface area contributed by atoms with Gasteiger partial charge in [-0.1, -0.05) is 6.92 Å². The van der Waals surface area contributed by atoms with Crippen LogP contribution in [0.1, 0.15) is 27.6 Å². The Morgan fingerprint density at radius 2 is 1.61 bits per heavy atom. The zero-order valence-corrected chi connectivity index (χ0v) is 15.8. The highest BCUT2D eigenvalue weighted by atomic mass is 16.7. The van der Waals surface area contributed by atoms with Gasteiger partial charge in [0.15, 0.2) is 11.5 Å². The standard InChI is InChI=1S/C21H23N3O4/c1-2-23-9-11-24(12-10-23)21(26)16-5-3-15(4-6-16)20(25)22-17-7-8-18-19(13-17)28-14-27-18/h3-8,13H,2,9-12,14H2,1H3,(H,22,25). The fraction of sp³-hybridized carbons (Fsp3) is 0.333. The van der Waals surface area contributed by atoms with Gasteiger partial charge in [0.1, 0.15) is 0 Å². The van der Waals surface area contributed by atoms with Crippen molar-refractivity contribution in [3.05, 3.63) is 53.6 Å². The molecule has 2 aliphatic heterocycles. The maximum atomic E-state index is 12.7. The van der Waals surface area contributed by atoms with E-state index >= 15 is 0 Å². The summed E-state index contributed by atoms with van der Waals surface area (Å²) in [7, 11) is 0. The van der Waals surface area contributed by atoms with E-state index in [1.54, 1.807) is 42.5 Å². The topological polar surface area (TPSA) is 71.1 Å². The minimum absolute atomic E-state index is 0.0125. The van der Waals surface area contributed by atoms with Crippen LogP contribution in [0.25, 0.3) is 0 Å². The van der Waals surface area contributed by atoms with Gasteiger partial charge in [0, 0.05) is 49.1 Å². The third-order valence-corrected chi connectivity index (χ3v) is 5.13. The molecule has 0 saturated carbocycles. The first-order valence-corrected chi connectivity index (χ1v) is 9.47. The number of anilines is 1. The van der Waals surface area contributed by atoms with Crippen molar-refractivity contribution in [2.75, 3.05) is 44.8 Å². The van der Waals surface area contributed by atoms with Gasteiger partial charge >= 0.3 is 0 Å². The van der Waals surface area contributed by atoms with Gasteiger partial charge in [0.05, 0.1) is 0 Å². The minimum atomic E-state index is -0.241. The summed E-state index contributed by atoms with van der Waals surface area (Å²) in [6.45, 7) is 6.60. The average Bonchev–Trinajstić information content (AvgIpc) is 3.21. The van der Waals surface area contributed by atoms with Crippen LogP contribution in [-0.4, -0.2) is 61.1 Å². The van der Waals surface area contributed by atoms with Crippen LogP contribution in [0.2, 0.25) is 0 Å². The lowest BCUT2D eigenvalue weighted by atomic mass is 10.1. The lowest BCUT2D eigenvalue weighted by Gasteiger charge is -2.34. The number of likely N-dealkylation sites (N-methyl/N-ethyl adjacent to an activating group) is 1. The Morgan fingerprint density at radius 1 is 0.929 bits per heavy atom. The van der Waals surface area contributed by atoms with E-state index < -0.39 is 0 Å². The second kappa shape index (κ2) is 7.90. The van der Waals surface area contributed by atoms with Crippen molar-refractivity contribution in [1.82, 2.24) is 9.80 Å². The number of hydrogen-bond acceptors (Lipinski definition) is 5. The molecule has 0 spiro atoms. The number of nitrogens with one attached hydrogen (secondary N) is 1. The molecule has 2 heterocycles. The summed E-state index contributed by atoms with van der Waals surface area (Å²) in [5, 5.41) is 2.84. The molecule has 0 aromatic heterocycles. The second-order valence-corrected chi connectivity index (χ2v) is 6.83. The lowest BCUT2D eigenvalue weighted by Crippen LogP contribution is -2.48. The Hall–Kier alpha value is -3.06. The summed E-state index contributed by atoms with van der Waals surface area (Å²) < 4.78 is 10.6. The molecule has 7 nitrogen and oxygen atoms in total. The predicted molar refractivity (Wildman–Crippen MR) is 105 cm³/mol. The number of carbonyl (C=O) groups is 2. The quantitative estimate of drug-likeness (QED) is 0.881. The molecule has 2 amide bonds. The molecule has 0 radical (unpaired) electrons. The Balaban J connectivity index is 1.38. The molecule has 0 bridgehead atoms. The number of piperazine rings is 1. The van der Waals surface area contributed by atoms with E-state index in [4.69, 9.17) is 9.47 Å². The van der Waals surface area contributed by atoms with E-state index in [0.29, 0.717) is 28.3 Å². The minimum Gasteiger partial charge on any atom is -0.454 e. The van der Waals surface area contributed by atoms with E-state index in [2.05, 4.69) is 17.1 Å². The molecule has 0 unspecified atom stereocenters. The Labute approximate surface area is 163 Å². The fourth-order valence-corrected chi connectivity index (χ4v) is 3.39. The second-order valence-electron chi connectivity index (χ2n) is 6.83. The van der Waals surface area contributed by atoms with Crippen molar-refractivity contribution in [3.63, 3.8) is 0 Å². The molecule has 1 N–H and O–H groups in total. The first-order chi connectivity index (χ1) is 13.6. The monoisotopic (exact) mass is 381 g/mol. The van der Waals surface area contributed by atoms with E-state index in [1.807, 2.05) is 4.90 Å². The van der Waals surface area contributed by atoms with Crippen LogP contribution in [0.4, 0.5) is 5.69 Å². The molecule has 2 aromatic rings. The molecular formula is C21H23N3O4. The van der Waals surface area contributed by atoms with Crippen molar-refractivity contribution in [2.24, 2.45) is 0 Å². The number of ether oxygens (including phenoxy) is 2. The maximum absolute atomic E-state index is 12.7. The summed E-state index contributed by atoms with van der Waals surface area (Å²) >= 11 is 0. The van der Waals surface area contributed by atoms with Gasteiger partial charge in [0.2, 0.25) is 6.79 Å². The molecule has 2 aromatic carbocycles. The summed E-state index contributed by atoms with van der Waals surface area (Å²) in [5.41, 5.74) is 1.72. The highest BCUT2D eigenvalue weighted by molar-refractivity contribution is 6.05. The van der Waals surface area contributed by atoms with E-state index in [9.17, 15) is 9.59 Å². The highest BCUT2D eigenvalue weighted by Gasteiger charge is 2.21. The number of carbonyl (C=O) groups excluding carboxylic acids is 2. The molecule has 0 atom stereocenters. The molecule has 7 heteroatoms.